The largest absolute Gasteiger partial charge is 0.375 e. The summed E-state index contributed by atoms with van der Waals surface area (Å²) in [5, 5.41) is 12.3. The van der Waals surface area contributed by atoms with Crippen LogP contribution in [0, 0.1) is 5.92 Å². The molecule has 4 nitrogen and oxygen atoms in total. The molecule has 3 aromatic carbocycles. The number of hydrogen-bond donors (Lipinski definition) is 1. The first-order valence-electron chi connectivity index (χ1n) is 10.0. The highest BCUT2D eigenvalue weighted by Crippen LogP contribution is 2.49. The Morgan fingerprint density at radius 2 is 1.73 bits per heavy atom. The smallest absolute Gasteiger partial charge is 0.264 e. The second-order valence-corrected chi connectivity index (χ2v) is 8.35. The van der Waals surface area contributed by atoms with E-state index < -0.39 is 17.4 Å². The van der Waals surface area contributed by atoms with Crippen LogP contribution in [-0.2, 0) is 23.4 Å². The number of amides is 1. The minimum atomic E-state index is -1.93. The Labute approximate surface area is 179 Å². The van der Waals surface area contributed by atoms with Crippen molar-refractivity contribution in [1.82, 2.24) is 0 Å². The molecule has 2 aliphatic rings. The predicted molar refractivity (Wildman–Crippen MR) is 116 cm³/mol. The number of anilines is 1. The molecule has 1 heterocycles. The number of hydrogen-bond acceptors (Lipinski definition) is 3. The molecule has 0 saturated carbocycles. The van der Waals surface area contributed by atoms with Crippen LogP contribution in [0.15, 0.2) is 72.8 Å². The third-order valence-electron chi connectivity index (χ3n) is 6.22. The van der Waals surface area contributed by atoms with E-state index in [9.17, 15) is 14.7 Å². The minimum absolute atomic E-state index is 0.194. The van der Waals surface area contributed by atoms with Crippen molar-refractivity contribution in [2.75, 3.05) is 4.90 Å². The zero-order valence-corrected chi connectivity index (χ0v) is 17.0. The number of carbonyl (C=O) groups excluding carboxylic acids is 2. The van der Waals surface area contributed by atoms with E-state index in [2.05, 4.69) is 0 Å². The summed E-state index contributed by atoms with van der Waals surface area (Å²) in [5.74, 6) is -1.51. The van der Waals surface area contributed by atoms with Crippen LogP contribution in [0.4, 0.5) is 5.69 Å². The van der Waals surface area contributed by atoms with Gasteiger partial charge in [-0.1, -0.05) is 66.2 Å². The van der Waals surface area contributed by atoms with Crippen LogP contribution in [0.1, 0.15) is 33.5 Å². The molecule has 0 unspecified atom stereocenters. The molecule has 3 aromatic rings. The van der Waals surface area contributed by atoms with Crippen LogP contribution in [0.5, 0.6) is 0 Å². The van der Waals surface area contributed by atoms with E-state index in [0.717, 1.165) is 11.1 Å². The lowest BCUT2D eigenvalue weighted by molar-refractivity contribution is -0.140. The van der Waals surface area contributed by atoms with Crippen molar-refractivity contribution >= 4 is 29.0 Å². The topological polar surface area (TPSA) is 57.6 Å². The van der Waals surface area contributed by atoms with Gasteiger partial charge in [-0.2, -0.15) is 0 Å². The molecule has 1 amide bonds. The van der Waals surface area contributed by atoms with Gasteiger partial charge in [-0.25, -0.2) is 0 Å². The summed E-state index contributed by atoms with van der Waals surface area (Å²) in [4.78, 5) is 28.6. The molecule has 0 aromatic heterocycles. The molecule has 0 bridgehead atoms. The highest BCUT2D eigenvalue weighted by molar-refractivity contribution is 6.31. The van der Waals surface area contributed by atoms with Gasteiger partial charge in [0.05, 0.1) is 18.2 Å². The summed E-state index contributed by atoms with van der Waals surface area (Å²) in [6.07, 6.45) is 1.04. The van der Waals surface area contributed by atoms with Crippen LogP contribution in [0.2, 0.25) is 5.02 Å². The average Bonchev–Trinajstić information content (AvgIpc) is 2.97. The van der Waals surface area contributed by atoms with E-state index in [1.54, 1.807) is 29.2 Å². The third kappa shape index (κ3) is 2.79. The van der Waals surface area contributed by atoms with Gasteiger partial charge in [-0.15, -0.1) is 0 Å². The quantitative estimate of drug-likeness (QED) is 0.681. The molecule has 1 N–H and O–H groups in total. The fraction of sp³-hybridized carbons (Fsp3) is 0.200. The first kappa shape index (κ1) is 19.0. The SMILES string of the molecule is O=C1c2ccccc2CC[C@@H]1[C@@]1(O)C(=O)N(Cc2ccccc2)c2ccc(Cl)cc21. The zero-order valence-electron chi connectivity index (χ0n) is 16.2. The van der Waals surface area contributed by atoms with Crippen LogP contribution < -0.4 is 4.90 Å². The number of aryl methyl sites for hydroxylation is 1. The molecular weight excluding hydrogens is 398 g/mol. The summed E-state index contributed by atoms with van der Waals surface area (Å²) >= 11 is 6.24. The van der Waals surface area contributed by atoms with Gasteiger partial charge in [-0.3, -0.25) is 9.59 Å². The number of rotatable bonds is 3. The summed E-state index contributed by atoms with van der Waals surface area (Å²) in [6.45, 7) is 0.314. The summed E-state index contributed by atoms with van der Waals surface area (Å²) in [7, 11) is 0. The van der Waals surface area contributed by atoms with Crippen LogP contribution >= 0.6 is 11.6 Å². The molecule has 5 heteroatoms. The lowest BCUT2D eigenvalue weighted by atomic mass is 9.71. The van der Waals surface area contributed by atoms with Gasteiger partial charge in [-0.05, 0) is 42.2 Å². The third-order valence-corrected chi connectivity index (χ3v) is 6.46. The number of benzene rings is 3. The van der Waals surface area contributed by atoms with E-state index in [-0.39, 0.29) is 5.78 Å². The standard InChI is InChI=1S/C25H20ClNO3/c26-18-11-13-22-21(14-18)25(30,24(29)27(22)15-16-6-2-1-3-7-16)20-12-10-17-8-4-5-9-19(17)23(20)28/h1-9,11,13-14,20,30H,10,12,15H2/t20-,25-/m0/s1. The Bertz CT molecular complexity index is 1160. The highest BCUT2D eigenvalue weighted by Gasteiger charge is 2.57. The van der Waals surface area contributed by atoms with Gasteiger partial charge < -0.3 is 10.0 Å². The average molecular weight is 418 g/mol. The van der Waals surface area contributed by atoms with Gasteiger partial charge in [0.25, 0.3) is 5.91 Å². The van der Waals surface area contributed by atoms with Gasteiger partial charge in [0.15, 0.2) is 11.4 Å². The fourth-order valence-electron chi connectivity index (χ4n) is 4.73. The van der Waals surface area contributed by atoms with E-state index in [4.69, 9.17) is 11.6 Å². The molecular formula is C25H20ClNO3. The number of Topliss-reactive ketones (excluding diaryl/α,β-unsaturated/α-hetero) is 1. The maximum absolute atomic E-state index is 13.6. The van der Waals surface area contributed by atoms with Gasteiger partial charge in [0.1, 0.15) is 0 Å². The van der Waals surface area contributed by atoms with Crippen molar-refractivity contribution in [3.63, 3.8) is 0 Å². The van der Waals surface area contributed by atoms with Crippen molar-refractivity contribution in [3.8, 4) is 0 Å². The Morgan fingerprint density at radius 3 is 2.53 bits per heavy atom. The number of nitrogens with zero attached hydrogens (tertiary/aromatic N) is 1. The molecule has 2 atom stereocenters. The van der Waals surface area contributed by atoms with Crippen molar-refractivity contribution < 1.29 is 14.7 Å². The first-order valence-corrected chi connectivity index (χ1v) is 10.4. The van der Waals surface area contributed by atoms with Crippen molar-refractivity contribution in [1.29, 1.82) is 0 Å². The molecule has 0 spiro atoms. The monoisotopic (exact) mass is 417 g/mol. The first-order chi connectivity index (χ1) is 14.5. The number of halogens is 1. The van der Waals surface area contributed by atoms with E-state index >= 15 is 0 Å². The molecule has 0 saturated heterocycles. The zero-order chi connectivity index (χ0) is 20.9. The van der Waals surface area contributed by atoms with E-state index in [0.29, 0.717) is 41.2 Å². The second-order valence-electron chi connectivity index (χ2n) is 7.92. The van der Waals surface area contributed by atoms with Crippen LogP contribution in [-0.4, -0.2) is 16.8 Å². The molecule has 1 aliphatic heterocycles. The fourth-order valence-corrected chi connectivity index (χ4v) is 4.91. The normalized spacial score (nSPS) is 22.7. The van der Waals surface area contributed by atoms with Crippen LogP contribution in [0.25, 0.3) is 0 Å². The number of aliphatic hydroxyl groups is 1. The van der Waals surface area contributed by atoms with Gasteiger partial charge in [0, 0.05) is 16.1 Å². The lowest BCUT2D eigenvalue weighted by Crippen LogP contribution is -2.49. The number of carbonyl (C=O) groups is 2. The highest BCUT2D eigenvalue weighted by atomic mass is 35.5. The summed E-state index contributed by atoms with van der Waals surface area (Å²) in [6, 6.07) is 22.1. The molecule has 0 radical (unpaired) electrons. The van der Waals surface area contributed by atoms with Crippen molar-refractivity contribution in [3.05, 3.63) is 100 Å². The number of fused-ring (bicyclic) bond motifs is 2. The minimum Gasteiger partial charge on any atom is -0.375 e. The van der Waals surface area contributed by atoms with Gasteiger partial charge in [0.2, 0.25) is 0 Å². The van der Waals surface area contributed by atoms with E-state index in [1.807, 2.05) is 48.5 Å². The Kier molecular flexibility index (Phi) is 4.49. The maximum Gasteiger partial charge on any atom is 0.264 e. The lowest BCUT2D eigenvalue weighted by Gasteiger charge is -2.34. The molecule has 30 heavy (non-hydrogen) atoms. The van der Waals surface area contributed by atoms with E-state index in [1.165, 1.54) is 0 Å². The van der Waals surface area contributed by atoms with Crippen molar-refractivity contribution in [2.24, 2.45) is 5.92 Å². The number of ketones is 1. The second kappa shape index (κ2) is 7.08. The Balaban J connectivity index is 1.61. The molecule has 150 valence electrons. The summed E-state index contributed by atoms with van der Waals surface area (Å²) in [5.41, 5.74) is 1.56. The maximum atomic E-state index is 13.6. The Morgan fingerprint density at radius 1 is 1.00 bits per heavy atom. The molecule has 0 fully saturated rings. The van der Waals surface area contributed by atoms with Crippen molar-refractivity contribution in [2.45, 2.75) is 25.0 Å². The van der Waals surface area contributed by atoms with Gasteiger partial charge >= 0.3 is 0 Å². The Hall–Kier alpha value is -2.95. The predicted octanol–water partition coefficient (Wildman–Crippen LogP) is 4.52. The summed E-state index contributed by atoms with van der Waals surface area (Å²) < 4.78 is 0. The molecule has 5 rings (SSSR count). The van der Waals surface area contributed by atoms with Crippen LogP contribution in [0.3, 0.4) is 0 Å². The molecule has 1 aliphatic carbocycles.